The standard InChI is InChI=1S/C13H10FNO4/c14-10-2-1-6(13(18)19)3-7(10)5-15-11(16)8-4-9(8)12(15)17/h1-3,8-9H,4-5H2,(H,18,19). The molecule has 1 heterocycles. The van der Waals surface area contributed by atoms with E-state index >= 15 is 0 Å². The number of rotatable bonds is 3. The van der Waals surface area contributed by atoms with Gasteiger partial charge in [0.1, 0.15) is 5.82 Å². The average molecular weight is 263 g/mol. The van der Waals surface area contributed by atoms with Gasteiger partial charge in [0.15, 0.2) is 0 Å². The normalized spacial score (nSPS) is 24.6. The zero-order valence-corrected chi connectivity index (χ0v) is 9.80. The predicted molar refractivity (Wildman–Crippen MR) is 60.5 cm³/mol. The smallest absolute Gasteiger partial charge is 0.335 e. The molecule has 0 bridgehead atoms. The van der Waals surface area contributed by atoms with Crippen molar-refractivity contribution in [3.05, 3.63) is 35.1 Å². The van der Waals surface area contributed by atoms with Gasteiger partial charge < -0.3 is 5.11 Å². The summed E-state index contributed by atoms with van der Waals surface area (Å²) in [5.41, 5.74) is -0.0245. The Labute approximate surface area is 107 Å². The molecule has 0 spiro atoms. The summed E-state index contributed by atoms with van der Waals surface area (Å²) in [4.78, 5) is 35.4. The van der Waals surface area contributed by atoms with Gasteiger partial charge in [0.25, 0.3) is 0 Å². The summed E-state index contributed by atoms with van der Waals surface area (Å²) >= 11 is 0. The maximum Gasteiger partial charge on any atom is 0.335 e. The predicted octanol–water partition coefficient (Wildman–Crippen LogP) is 1.03. The van der Waals surface area contributed by atoms with E-state index in [9.17, 15) is 18.8 Å². The van der Waals surface area contributed by atoms with Crippen LogP contribution in [0.25, 0.3) is 0 Å². The van der Waals surface area contributed by atoms with Gasteiger partial charge in [-0.05, 0) is 24.6 Å². The summed E-state index contributed by atoms with van der Waals surface area (Å²) < 4.78 is 13.6. The van der Waals surface area contributed by atoms with Crippen molar-refractivity contribution in [1.29, 1.82) is 0 Å². The zero-order chi connectivity index (χ0) is 13.7. The van der Waals surface area contributed by atoms with E-state index in [1.165, 1.54) is 0 Å². The Balaban J connectivity index is 1.87. The number of hydrogen-bond acceptors (Lipinski definition) is 3. The Hall–Kier alpha value is -2.24. The lowest BCUT2D eigenvalue weighted by atomic mass is 10.1. The second-order valence-corrected chi connectivity index (χ2v) is 4.82. The van der Waals surface area contributed by atoms with Crippen LogP contribution < -0.4 is 0 Å². The number of halogens is 1. The highest BCUT2D eigenvalue weighted by Crippen LogP contribution is 2.47. The van der Waals surface area contributed by atoms with Gasteiger partial charge >= 0.3 is 5.97 Å². The van der Waals surface area contributed by atoms with E-state index in [1.54, 1.807) is 0 Å². The van der Waals surface area contributed by atoms with Gasteiger partial charge in [0.2, 0.25) is 11.8 Å². The van der Waals surface area contributed by atoms with Gasteiger partial charge in [-0.2, -0.15) is 0 Å². The van der Waals surface area contributed by atoms with Crippen molar-refractivity contribution < 1.29 is 23.9 Å². The first kappa shape index (κ1) is 11.8. The number of fused-ring (bicyclic) bond motifs is 1. The second-order valence-electron chi connectivity index (χ2n) is 4.82. The monoisotopic (exact) mass is 263 g/mol. The number of piperidine rings is 1. The maximum absolute atomic E-state index is 13.6. The van der Waals surface area contributed by atoms with Crippen LogP contribution >= 0.6 is 0 Å². The highest BCUT2D eigenvalue weighted by Gasteiger charge is 2.58. The molecule has 2 atom stereocenters. The highest BCUT2D eigenvalue weighted by atomic mass is 19.1. The minimum atomic E-state index is -1.18. The number of carboxylic acid groups (broad SMARTS) is 1. The molecule has 1 aromatic carbocycles. The third-order valence-corrected chi connectivity index (χ3v) is 3.58. The average Bonchev–Trinajstić information content (AvgIpc) is 3.11. The number of nitrogens with zero attached hydrogens (tertiary/aromatic N) is 1. The maximum atomic E-state index is 13.6. The Morgan fingerprint density at radius 2 is 1.95 bits per heavy atom. The number of hydrogen-bond donors (Lipinski definition) is 1. The van der Waals surface area contributed by atoms with Gasteiger partial charge in [-0.25, -0.2) is 9.18 Å². The molecule has 2 amide bonds. The van der Waals surface area contributed by atoms with Crippen molar-refractivity contribution in [2.24, 2.45) is 11.8 Å². The lowest BCUT2D eigenvalue weighted by Gasteiger charge is -2.17. The molecule has 1 saturated heterocycles. The Kier molecular flexibility index (Phi) is 2.41. The lowest BCUT2D eigenvalue weighted by Crippen LogP contribution is -2.32. The van der Waals surface area contributed by atoms with Crippen molar-refractivity contribution >= 4 is 17.8 Å². The van der Waals surface area contributed by atoms with Crippen molar-refractivity contribution in [1.82, 2.24) is 4.90 Å². The van der Waals surface area contributed by atoms with Crippen LogP contribution in [-0.4, -0.2) is 27.8 Å². The van der Waals surface area contributed by atoms with E-state index in [1.807, 2.05) is 0 Å². The quantitative estimate of drug-likeness (QED) is 0.826. The number of benzene rings is 1. The first-order chi connectivity index (χ1) is 8.99. The van der Waals surface area contributed by atoms with Crippen LogP contribution in [0.3, 0.4) is 0 Å². The lowest BCUT2D eigenvalue weighted by molar-refractivity contribution is -0.142. The number of amides is 2. The van der Waals surface area contributed by atoms with E-state index in [0.29, 0.717) is 6.42 Å². The minimum absolute atomic E-state index is 0.0444. The molecule has 2 aliphatic rings. The fourth-order valence-corrected chi connectivity index (χ4v) is 2.40. The summed E-state index contributed by atoms with van der Waals surface area (Å²) in [7, 11) is 0. The molecule has 6 heteroatoms. The number of carbonyl (C=O) groups excluding carboxylic acids is 2. The summed E-state index contributed by atoms with van der Waals surface area (Å²) in [6, 6.07) is 3.33. The van der Waals surface area contributed by atoms with Crippen LogP contribution in [0.15, 0.2) is 18.2 Å². The van der Waals surface area contributed by atoms with Crippen LogP contribution in [-0.2, 0) is 16.1 Å². The molecule has 98 valence electrons. The molecular weight excluding hydrogens is 253 g/mol. The fraction of sp³-hybridized carbons (Fsp3) is 0.308. The van der Waals surface area contributed by atoms with E-state index in [2.05, 4.69) is 0 Å². The SMILES string of the molecule is O=C(O)c1ccc(F)c(CN2C(=O)C3CC3C2=O)c1. The van der Waals surface area contributed by atoms with Crippen LogP contribution in [0, 0.1) is 17.7 Å². The van der Waals surface area contributed by atoms with Crippen LogP contribution in [0.5, 0.6) is 0 Å². The summed E-state index contributed by atoms with van der Waals surface area (Å²) in [5.74, 6) is -2.84. The van der Waals surface area contributed by atoms with E-state index in [-0.39, 0.29) is 41.3 Å². The first-order valence-corrected chi connectivity index (χ1v) is 5.86. The highest BCUT2D eigenvalue weighted by molar-refractivity contribution is 6.08. The van der Waals surface area contributed by atoms with Crippen molar-refractivity contribution in [2.75, 3.05) is 0 Å². The molecule has 1 N–H and O–H groups in total. The molecule has 19 heavy (non-hydrogen) atoms. The van der Waals surface area contributed by atoms with E-state index in [0.717, 1.165) is 23.1 Å². The molecule has 1 saturated carbocycles. The summed E-state index contributed by atoms with van der Waals surface area (Å²) in [6.07, 6.45) is 0.589. The van der Waals surface area contributed by atoms with Crippen LogP contribution in [0.1, 0.15) is 22.3 Å². The molecule has 0 radical (unpaired) electrons. The first-order valence-electron chi connectivity index (χ1n) is 5.86. The van der Waals surface area contributed by atoms with E-state index in [4.69, 9.17) is 5.11 Å². The Morgan fingerprint density at radius 3 is 2.53 bits per heavy atom. The molecule has 5 nitrogen and oxygen atoms in total. The van der Waals surface area contributed by atoms with Crippen molar-refractivity contribution in [3.8, 4) is 0 Å². The Bertz CT molecular complexity index is 593. The molecule has 1 aliphatic heterocycles. The number of likely N-dealkylation sites (tertiary alicyclic amines) is 1. The molecule has 1 aromatic rings. The number of aromatic carboxylic acids is 1. The van der Waals surface area contributed by atoms with Crippen LogP contribution in [0.4, 0.5) is 4.39 Å². The third-order valence-electron chi connectivity index (χ3n) is 3.58. The molecule has 1 aliphatic carbocycles. The Morgan fingerprint density at radius 1 is 1.32 bits per heavy atom. The number of carboxylic acids is 1. The minimum Gasteiger partial charge on any atom is -0.478 e. The topological polar surface area (TPSA) is 74.7 Å². The fourth-order valence-electron chi connectivity index (χ4n) is 2.40. The summed E-state index contributed by atoms with van der Waals surface area (Å²) in [5, 5.41) is 8.84. The van der Waals surface area contributed by atoms with Crippen LogP contribution in [0.2, 0.25) is 0 Å². The second kappa shape index (κ2) is 3.88. The van der Waals surface area contributed by atoms with Crippen molar-refractivity contribution in [3.63, 3.8) is 0 Å². The molecular formula is C13H10FNO4. The van der Waals surface area contributed by atoms with Gasteiger partial charge in [0.05, 0.1) is 23.9 Å². The van der Waals surface area contributed by atoms with Gasteiger partial charge in [0, 0.05) is 5.56 Å². The number of imide groups is 1. The molecule has 2 fully saturated rings. The third kappa shape index (κ3) is 1.80. The van der Waals surface area contributed by atoms with E-state index < -0.39 is 11.8 Å². The van der Waals surface area contributed by atoms with Gasteiger partial charge in [-0.3, -0.25) is 14.5 Å². The van der Waals surface area contributed by atoms with Gasteiger partial charge in [-0.1, -0.05) is 0 Å². The van der Waals surface area contributed by atoms with Crippen molar-refractivity contribution in [2.45, 2.75) is 13.0 Å². The molecule has 2 unspecified atom stereocenters. The molecule has 3 rings (SSSR count). The largest absolute Gasteiger partial charge is 0.478 e. The number of carbonyl (C=O) groups is 3. The molecule has 0 aromatic heterocycles. The van der Waals surface area contributed by atoms with Gasteiger partial charge in [-0.15, -0.1) is 0 Å². The zero-order valence-electron chi connectivity index (χ0n) is 9.80. The summed E-state index contributed by atoms with van der Waals surface area (Å²) in [6.45, 7) is -0.197.